The van der Waals surface area contributed by atoms with Gasteiger partial charge in [-0.3, -0.25) is 0 Å². The second kappa shape index (κ2) is 7.17. The Morgan fingerprint density at radius 1 is 1.38 bits per heavy atom. The van der Waals surface area contributed by atoms with Crippen LogP contribution in [0.4, 0.5) is 0 Å². The summed E-state index contributed by atoms with van der Waals surface area (Å²) in [5.74, 6) is -0.127. The largest absolute Gasteiger partial charge is 0.396 e. The van der Waals surface area contributed by atoms with Crippen LogP contribution < -0.4 is 0 Å². The summed E-state index contributed by atoms with van der Waals surface area (Å²) < 4.78 is 10.5. The fourth-order valence-corrected chi connectivity index (χ4v) is 1.54. The van der Waals surface area contributed by atoms with Gasteiger partial charge in [0.15, 0.2) is 0 Å². The molecule has 0 heterocycles. The van der Waals surface area contributed by atoms with Gasteiger partial charge < -0.3 is 14.6 Å². The van der Waals surface area contributed by atoms with Crippen molar-refractivity contribution in [1.82, 2.24) is 0 Å². The molecule has 0 bridgehead atoms. The zero-order valence-electron chi connectivity index (χ0n) is 9.50. The Kier molecular flexibility index (Phi) is 5.78. The third-order valence-corrected chi connectivity index (χ3v) is 2.40. The number of aliphatic hydroxyl groups excluding tert-OH is 1. The SMILES string of the molecule is C=C[C@H](CO)[C@H](OCOC)c1ccccc1. The van der Waals surface area contributed by atoms with Crippen molar-refractivity contribution >= 4 is 0 Å². The number of aliphatic hydroxyl groups is 1. The van der Waals surface area contributed by atoms with Gasteiger partial charge >= 0.3 is 0 Å². The Labute approximate surface area is 96.3 Å². The lowest BCUT2D eigenvalue weighted by Crippen LogP contribution is -2.18. The maximum atomic E-state index is 9.27. The van der Waals surface area contributed by atoms with E-state index in [1.165, 1.54) is 0 Å². The molecule has 1 aromatic carbocycles. The molecule has 88 valence electrons. The normalized spacial score (nSPS) is 14.4. The molecule has 3 nitrogen and oxygen atoms in total. The minimum Gasteiger partial charge on any atom is -0.396 e. The molecule has 2 atom stereocenters. The highest BCUT2D eigenvalue weighted by molar-refractivity contribution is 5.19. The number of benzene rings is 1. The Hall–Kier alpha value is -1.16. The van der Waals surface area contributed by atoms with E-state index >= 15 is 0 Å². The second-order valence-corrected chi connectivity index (χ2v) is 3.49. The summed E-state index contributed by atoms with van der Waals surface area (Å²) in [7, 11) is 1.57. The number of rotatable bonds is 7. The zero-order chi connectivity index (χ0) is 11.8. The monoisotopic (exact) mass is 222 g/mol. The Morgan fingerprint density at radius 3 is 2.56 bits per heavy atom. The molecular formula is C13H18O3. The maximum Gasteiger partial charge on any atom is 0.147 e. The zero-order valence-corrected chi connectivity index (χ0v) is 9.50. The minimum atomic E-state index is -0.219. The average Bonchev–Trinajstić information content (AvgIpc) is 2.35. The van der Waals surface area contributed by atoms with Crippen LogP contribution in [-0.4, -0.2) is 25.6 Å². The molecule has 0 unspecified atom stereocenters. The van der Waals surface area contributed by atoms with Crippen molar-refractivity contribution in [2.75, 3.05) is 20.5 Å². The van der Waals surface area contributed by atoms with Gasteiger partial charge in [0.1, 0.15) is 6.79 Å². The van der Waals surface area contributed by atoms with Gasteiger partial charge in [-0.15, -0.1) is 6.58 Å². The van der Waals surface area contributed by atoms with Crippen LogP contribution in [-0.2, 0) is 9.47 Å². The predicted octanol–water partition coefficient (Wildman–Crippen LogP) is 2.14. The molecule has 1 N–H and O–H groups in total. The van der Waals surface area contributed by atoms with Crippen molar-refractivity contribution in [3.63, 3.8) is 0 Å². The van der Waals surface area contributed by atoms with Crippen molar-refractivity contribution in [2.24, 2.45) is 5.92 Å². The van der Waals surface area contributed by atoms with Crippen molar-refractivity contribution in [2.45, 2.75) is 6.10 Å². The molecule has 0 aliphatic carbocycles. The first kappa shape index (κ1) is 12.9. The standard InChI is InChI=1S/C13H18O3/c1-3-11(9-14)13(16-10-15-2)12-7-5-4-6-8-12/h3-8,11,13-14H,1,9-10H2,2H3/t11-,13+/m1/s1. The fourth-order valence-electron chi connectivity index (χ4n) is 1.54. The number of methoxy groups -OCH3 is 1. The van der Waals surface area contributed by atoms with E-state index in [9.17, 15) is 5.11 Å². The summed E-state index contributed by atoms with van der Waals surface area (Å²) in [6, 6.07) is 9.75. The van der Waals surface area contributed by atoms with Crippen molar-refractivity contribution in [3.8, 4) is 0 Å². The summed E-state index contributed by atoms with van der Waals surface area (Å²) in [5, 5.41) is 9.27. The molecule has 0 spiro atoms. The average molecular weight is 222 g/mol. The van der Waals surface area contributed by atoms with Crippen LogP contribution in [0.2, 0.25) is 0 Å². The summed E-state index contributed by atoms with van der Waals surface area (Å²) in [4.78, 5) is 0. The fraction of sp³-hybridized carbons (Fsp3) is 0.385. The highest BCUT2D eigenvalue weighted by atomic mass is 16.7. The van der Waals surface area contributed by atoms with Gasteiger partial charge in [0.2, 0.25) is 0 Å². The molecule has 0 aromatic heterocycles. The van der Waals surface area contributed by atoms with E-state index in [0.717, 1.165) is 5.56 Å². The topological polar surface area (TPSA) is 38.7 Å². The molecular weight excluding hydrogens is 204 g/mol. The van der Waals surface area contributed by atoms with E-state index in [0.29, 0.717) is 0 Å². The molecule has 0 saturated heterocycles. The third kappa shape index (κ3) is 3.45. The van der Waals surface area contributed by atoms with Gasteiger partial charge in [0.05, 0.1) is 12.7 Å². The maximum absolute atomic E-state index is 9.27. The number of hydrogen-bond donors (Lipinski definition) is 1. The van der Waals surface area contributed by atoms with Gasteiger partial charge in [-0.2, -0.15) is 0 Å². The van der Waals surface area contributed by atoms with Crippen LogP contribution in [0.1, 0.15) is 11.7 Å². The molecule has 1 rings (SSSR count). The Bertz CT molecular complexity index is 297. The smallest absolute Gasteiger partial charge is 0.147 e. The number of ether oxygens (including phenoxy) is 2. The third-order valence-electron chi connectivity index (χ3n) is 2.40. The van der Waals surface area contributed by atoms with E-state index in [1.54, 1.807) is 13.2 Å². The molecule has 0 saturated carbocycles. The van der Waals surface area contributed by atoms with Gasteiger partial charge in [-0.05, 0) is 5.56 Å². The summed E-state index contributed by atoms with van der Waals surface area (Å²) in [6.07, 6.45) is 1.48. The first-order valence-corrected chi connectivity index (χ1v) is 5.22. The molecule has 0 fully saturated rings. The first-order valence-electron chi connectivity index (χ1n) is 5.22. The quantitative estimate of drug-likeness (QED) is 0.567. The van der Waals surface area contributed by atoms with E-state index in [-0.39, 0.29) is 25.4 Å². The van der Waals surface area contributed by atoms with E-state index in [4.69, 9.17) is 9.47 Å². The lowest BCUT2D eigenvalue weighted by atomic mass is 9.96. The van der Waals surface area contributed by atoms with Crippen molar-refractivity contribution in [3.05, 3.63) is 48.6 Å². The van der Waals surface area contributed by atoms with Gasteiger partial charge in [-0.25, -0.2) is 0 Å². The van der Waals surface area contributed by atoms with E-state index in [2.05, 4.69) is 6.58 Å². The highest BCUT2D eigenvalue weighted by Crippen LogP contribution is 2.26. The lowest BCUT2D eigenvalue weighted by molar-refractivity contribution is -0.0923. The summed E-state index contributed by atoms with van der Waals surface area (Å²) >= 11 is 0. The summed E-state index contributed by atoms with van der Waals surface area (Å²) in [6.45, 7) is 3.91. The van der Waals surface area contributed by atoms with Crippen LogP contribution in [0.25, 0.3) is 0 Å². The van der Waals surface area contributed by atoms with Crippen LogP contribution >= 0.6 is 0 Å². The Morgan fingerprint density at radius 2 is 2.06 bits per heavy atom. The minimum absolute atomic E-state index is 0.00672. The lowest BCUT2D eigenvalue weighted by Gasteiger charge is -2.23. The molecule has 3 heteroatoms. The van der Waals surface area contributed by atoms with Crippen LogP contribution in [0.3, 0.4) is 0 Å². The first-order chi connectivity index (χ1) is 7.83. The predicted molar refractivity (Wildman–Crippen MR) is 62.9 cm³/mol. The van der Waals surface area contributed by atoms with Crippen LogP contribution in [0.5, 0.6) is 0 Å². The van der Waals surface area contributed by atoms with Crippen LogP contribution in [0.15, 0.2) is 43.0 Å². The Balaban J connectivity index is 2.82. The molecule has 16 heavy (non-hydrogen) atoms. The molecule has 1 aromatic rings. The molecule has 0 aliphatic heterocycles. The van der Waals surface area contributed by atoms with Gasteiger partial charge in [0, 0.05) is 13.0 Å². The van der Waals surface area contributed by atoms with E-state index < -0.39 is 0 Å². The van der Waals surface area contributed by atoms with E-state index in [1.807, 2.05) is 30.3 Å². The van der Waals surface area contributed by atoms with Gasteiger partial charge in [-0.1, -0.05) is 36.4 Å². The number of hydrogen-bond acceptors (Lipinski definition) is 3. The van der Waals surface area contributed by atoms with Crippen molar-refractivity contribution < 1.29 is 14.6 Å². The molecule has 0 radical (unpaired) electrons. The van der Waals surface area contributed by atoms with Gasteiger partial charge in [0.25, 0.3) is 0 Å². The second-order valence-electron chi connectivity index (χ2n) is 3.49. The summed E-state index contributed by atoms with van der Waals surface area (Å²) in [5.41, 5.74) is 1.01. The van der Waals surface area contributed by atoms with Crippen LogP contribution in [0, 0.1) is 5.92 Å². The molecule has 0 amide bonds. The molecule has 0 aliphatic rings. The highest BCUT2D eigenvalue weighted by Gasteiger charge is 2.20. The van der Waals surface area contributed by atoms with Crippen molar-refractivity contribution in [1.29, 1.82) is 0 Å².